The Morgan fingerprint density at radius 1 is 1.03 bits per heavy atom. The molecule has 5 heteroatoms. The number of carboxylic acid groups (broad SMARTS) is 1. The van der Waals surface area contributed by atoms with Crippen molar-refractivity contribution >= 4 is 57.3 Å². The number of halogens is 2. The van der Waals surface area contributed by atoms with Crippen molar-refractivity contribution < 1.29 is 9.90 Å². The molecular formula is C28H23Cl2NO2. The van der Waals surface area contributed by atoms with E-state index in [-0.39, 0.29) is 0 Å². The zero-order valence-corrected chi connectivity index (χ0v) is 19.8. The summed E-state index contributed by atoms with van der Waals surface area (Å²) in [7, 11) is 0. The molecule has 33 heavy (non-hydrogen) atoms. The molecule has 4 rings (SSSR count). The molecule has 0 aliphatic carbocycles. The smallest absolute Gasteiger partial charge is 0.328 e. The van der Waals surface area contributed by atoms with E-state index in [2.05, 4.69) is 24.0 Å². The number of allylic oxidation sites excluding steroid dienone is 1. The molecule has 1 aromatic heterocycles. The summed E-state index contributed by atoms with van der Waals surface area (Å²) in [6, 6.07) is 21.8. The highest BCUT2D eigenvalue weighted by Crippen LogP contribution is 2.41. The molecule has 0 spiro atoms. The van der Waals surface area contributed by atoms with Crippen LogP contribution >= 0.6 is 23.2 Å². The van der Waals surface area contributed by atoms with Crippen LogP contribution in [-0.2, 0) is 4.79 Å². The highest BCUT2D eigenvalue weighted by atomic mass is 35.5. The van der Waals surface area contributed by atoms with Crippen molar-refractivity contribution in [2.75, 3.05) is 0 Å². The van der Waals surface area contributed by atoms with Gasteiger partial charge in [0.1, 0.15) is 0 Å². The van der Waals surface area contributed by atoms with Gasteiger partial charge in [0.2, 0.25) is 0 Å². The average Bonchev–Trinajstić information content (AvgIpc) is 3.13. The summed E-state index contributed by atoms with van der Waals surface area (Å²) in [5.74, 6) is -0.980. The van der Waals surface area contributed by atoms with Gasteiger partial charge in [0, 0.05) is 27.6 Å². The van der Waals surface area contributed by atoms with Gasteiger partial charge in [-0.1, -0.05) is 84.7 Å². The minimum Gasteiger partial charge on any atom is -0.478 e. The third kappa shape index (κ3) is 4.75. The SMILES string of the molecule is CC/C(=C(/c1ccc(/C=C/C(=O)O)cc1)c1[nH]c2ccccc2c1Cl)c1ccc(C)cc1Cl. The van der Waals surface area contributed by atoms with E-state index < -0.39 is 5.97 Å². The minimum atomic E-state index is -0.980. The number of fused-ring (bicyclic) bond motifs is 1. The average molecular weight is 476 g/mol. The molecule has 3 aromatic carbocycles. The lowest BCUT2D eigenvalue weighted by Gasteiger charge is -2.17. The summed E-state index contributed by atoms with van der Waals surface area (Å²) in [5, 5.41) is 11.2. The molecule has 0 amide bonds. The van der Waals surface area contributed by atoms with Crippen LogP contribution in [0.5, 0.6) is 0 Å². The quantitative estimate of drug-likeness (QED) is 0.217. The van der Waals surface area contributed by atoms with Crippen molar-refractivity contribution in [3.05, 3.63) is 111 Å². The van der Waals surface area contributed by atoms with Gasteiger partial charge in [0.05, 0.1) is 10.7 Å². The Hall–Kier alpha value is -3.27. The van der Waals surface area contributed by atoms with Gasteiger partial charge in [-0.15, -0.1) is 0 Å². The number of nitrogens with one attached hydrogen (secondary N) is 1. The summed E-state index contributed by atoms with van der Waals surface area (Å²) in [6.45, 7) is 4.12. The maximum atomic E-state index is 10.9. The van der Waals surface area contributed by atoms with Gasteiger partial charge < -0.3 is 10.1 Å². The van der Waals surface area contributed by atoms with Crippen LogP contribution < -0.4 is 0 Å². The molecule has 0 unspecified atom stereocenters. The molecule has 3 nitrogen and oxygen atoms in total. The monoisotopic (exact) mass is 475 g/mol. The standard InChI is InChI=1S/C28H23Cl2NO2/c1-3-20(21-14-8-17(2)16-23(21)29)26(19-12-9-18(10-13-19)11-15-25(32)33)28-27(30)22-6-4-5-7-24(22)31-28/h4-16,31H,3H2,1-2H3,(H,32,33)/b15-11+,26-20+. The first kappa shape index (κ1) is 22.9. The Balaban J connectivity index is 1.98. The highest BCUT2D eigenvalue weighted by molar-refractivity contribution is 6.38. The molecule has 0 aliphatic heterocycles. The van der Waals surface area contributed by atoms with Gasteiger partial charge >= 0.3 is 5.97 Å². The number of para-hydroxylation sites is 1. The third-order valence-corrected chi connectivity index (χ3v) is 6.32. The van der Waals surface area contributed by atoms with Crippen molar-refractivity contribution in [3.8, 4) is 0 Å². The van der Waals surface area contributed by atoms with Crippen molar-refractivity contribution in [2.45, 2.75) is 20.3 Å². The second-order valence-electron chi connectivity index (χ2n) is 7.84. The van der Waals surface area contributed by atoms with Gasteiger partial charge in [-0.05, 0) is 59.4 Å². The Bertz CT molecular complexity index is 1400. The molecule has 0 saturated heterocycles. The van der Waals surface area contributed by atoms with E-state index >= 15 is 0 Å². The van der Waals surface area contributed by atoms with Crippen LogP contribution in [0.4, 0.5) is 0 Å². The molecule has 0 bridgehead atoms. The predicted octanol–water partition coefficient (Wildman–Crippen LogP) is 8.25. The topological polar surface area (TPSA) is 53.1 Å². The first-order valence-electron chi connectivity index (χ1n) is 10.7. The number of carboxylic acids is 1. The largest absolute Gasteiger partial charge is 0.478 e. The fourth-order valence-corrected chi connectivity index (χ4v) is 4.70. The number of H-pyrrole nitrogens is 1. The molecule has 0 atom stereocenters. The van der Waals surface area contributed by atoms with E-state index in [0.717, 1.165) is 62.5 Å². The van der Waals surface area contributed by atoms with E-state index in [9.17, 15) is 4.79 Å². The Labute approximate surface area is 203 Å². The number of aliphatic carboxylic acids is 1. The molecule has 4 aromatic rings. The summed E-state index contributed by atoms with van der Waals surface area (Å²) < 4.78 is 0. The molecule has 1 heterocycles. The number of benzene rings is 3. The fraction of sp³-hybridized carbons (Fsp3) is 0.107. The number of hydrogen-bond donors (Lipinski definition) is 2. The van der Waals surface area contributed by atoms with E-state index in [1.807, 2.05) is 61.5 Å². The van der Waals surface area contributed by atoms with E-state index in [4.69, 9.17) is 28.3 Å². The van der Waals surface area contributed by atoms with Crippen molar-refractivity contribution in [2.24, 2.45) is 0 Å². The van der Waals surface area contributed by atoms with Crippen LogP contribution in [0, 0.1) is 6.92 Å². The lowest BCUT2D eigenvalue weighted by molar-refractivity contribution is -0.131. The summed E-state index contributed by atoms with van der Waals surface area (Å²) >= 11 is 13.6. The number of aromatic amines is 1. The highest BCUT2D eigenvalue weighted by Gasteiger charge is 2.20. The lowest BCUT2D eigenvalue weighted by atomic mass is 9.90. The maximum absolute atomic E-state index is 10.9. The van der Waals surface area contributed by atoms with Gasteiger partial charge in [0.15, 0.2) is 0 Å². The Morgan fingerprint density at radius 3 is 2.39 bits per heavy atom. The Kier molecular flexibility index (Phi) is 6.73. The summed E-state index contributed by atoms with van der Waals surface area (Å²) in [5.41, 5.74) is 7.66. The number of carbonyl (C=O) groups is 1. The first-order chi connectivity index (χ1) is 15.9. The zero-order valence-electron chi connectivity index (χ0n) is 18.3. The number of hydrogen-bond acceptors (Lipinski definition) is 1. The van der Waals surface area contributed by atoms with Gasteiger partial charge in [0.25, 0.3) is 0 Å². The van der Waals surface area contributed by atoms with Gasteiger partial charge in [-0.2, -0.15) is 0 Å². The number of rotatable bonds is 6. The molecular weight excluding hydrogens is 453 g/mol. The third-order valence-electron chi connectivity index (χ3n) is 5.62. The van der Waals surface area contributed by atoms with Gasteiger partial charge in [-0.3, -0.25) is 0 Å². The predicted molar refractivity (Wildman–Crippen MR) is 139 cm³/mol. The van der Waals surface area contributed by atoms with E-state index in [0.29, 0.717) is 10.0 Å². The van der Waals surface area contributed by atoms with Crippen molar-refractivity contribution in [1.29, 1.82) is 0 Å². The Morgan fingerprint density at radius 2 is 1.76 bits per heavy atom. The van der Waals surface area contributed by atoms with Crippen LogP contribution in [0.25, 0.3) is 28.1 Å². The fourth-order valence-electron chi connectivity index (χ4n) is 4.04. The molecule has 0 aliphatic rings. The number of aromatic nitrogens is 1. The molecule has 2 N–H and O–H groups in total. The second-order valence-corrected chi connectivity index (χ2v) is 8.63. The molecule has 166 valence electrons. The molecule has 0 radical (unpaired) electrons. The van der Waals surface area contributed by atoms with Gasteiger partial charge in [-0.25, -0.2) is 4.79 Å². The summed E-state index contributed by atoms with van der Waals surface area (Å²) in [6.07, 6.45) is 3.44. The second kappa shape index (κ2) is 9.70. The van der Waals surface area contributed by atoms with Crippen LogP contribution in [0.1, 0.15) is 41.3 Å². The van der Waals surface area contributed by atoms with E-state index in [1.165, 1.54) is 0 Å². The van der Waals surface area contributed by atoms with Crippen LogP contribution in [-0.4, -0.2) is 16.1 Å². The van der Waals surface area contributed by atoms with Crippen LogP contribution in [0.3, 0.4) is 0 Å². The maximum Gasteiger partial charge on any atom is 0.328 e. The lowest BCUT2D eigenvalue weighted by Crippen LogP contribution is -1.97. The minimum absolute atomic E-state index is 0.657. The summed E-state index contributed by atoms with van der Waals surface area (Å²) in [4.78, 5) is 14.4. The van der Waals surface area contributed by atoms with Crippen molar-refractivity contribution in [1.82, 2.24) is 4.98 Å². The molecule has 0 fully saturated rings. The normalized spacial score (nSPS) is 12.4. The molecule has 0 saturated carbocycles. The number of aryl methyl sites for hydroxylation is 1. The van der Waals surface area contributed by atoms with Crippen LogP contribution in [0.15, 0.2) is 72.8 Å². The zero-order chi connectivity index (χ0) is 23.5. The van der Waals surface area contributed by atoms with Crippen LogP contribution in [0.2, 0.25) is 10.0 Å². The first-order valence-corrected chi connectivity index (χ1v) is 11.4. The van der Waals surface area contributed by atoms with Crippen molar-refractivity contribution in [3.63, 3.8) is 0 Å². The van der Waals surface area contributed by atoms with E-state index in [1.54, 1.807) is 6.08 Å².